The van der Waals surface area contributed by atoms with Crippen molar-refractivity contribution in [1.29, 1.82) is 0 Å². The Bertz CT molecular complexity index is 723. The molecule has 1 aromatic carbocycles. The number of aryl methyl sites for hydroxylation is 1. The molecular weight excluding hydrogens is 286 g/mol. The van der Waals surface area contributed by atoms with Gasteiger partial charge in [0.15, 0.2) is 0 Å². The molecule has 8 heteroatoms. The van der Waals surface area contributed by atoms with E-state index in [4.69, 9.17) is 4.74 Å². The second-order valence-electron chi connectivity index (χ2n) is 4.91. The third-order valence-corrected chi connectivity index (χ3v) is 3.32. The van der Waals surface area contributed by atoms with Crippen molar-refractivity contribution in [3.05, 3.63) is 30.1 Å². The highest BCUT2D eigenvalue weighted by atomic mass is 16.5. The van der Waals surface area contributed by atoms with E-state index in [-0.39, 0.29) is 18.2 Å². The molecular formula is C14H15N5O3. The fourth-order valence-electron chi connectivity index (χ4n) is 2.28. The SMILES string of the molecule is COc1ccc(NC(=O)C[C@@H]2C(=O)Nc3nc(C)nn32)cc1. The minimum absolute atomic E-state index is 0.00629. The van der Waals surface area contributed by atoms with Gasteiger partial charge in [0.1, 0.15) is 17.6 Å². The number of carbonyl (C=O) groups excluding carboxylic acids is 2. The number of rotatable bonds is 4. The first-order valence-corrected chi connectivity index (χ1v) is 6.75. The first-order valence-electron chi connectivity index (χ1n) is 6.75. The molecule has 22 heavy (non-hydrogen) atoms. The van der Waals surface area contributed by atoms with Crippen molar-refractivity contribution in [2.24, 2.45) is 0 Å². The number of nitrogens with one attached hydrogen (secondary N) is 2. The number of ether oxygens (including phenoxy) is 1. The van der Waals surface area contributed by atoms with Crippen molar-refractivity contribution in [2.75, 3.05) is 17.7 Å². The molecule has 0 saturated heterocycles. The van der Waals surface area contributed by atoms with Crippen molar-refractivity contribution in [1.82, 2.24) is 14.8 Å². The number of amides is 2. The molecule has 0 radical (unpaired) electrons. The lowest BCUT2D eigenvalue weighted by Crippen LogP contribution is -2.23. The van der Waals surface area contributed by atoms with Gasteiger partial charge in [0.25, 0.3) is 5.91 Å². The predicted octanol–water partition coefficient (Wildman–Crippen LogP) is 1.12. The molecule has 2 N–H and O–H groups in total. The highest BCUT2D eigenvalue weighted by molar-refractivity contribution is 6.00. The van der Waals surface area contributed by atoms with Crippen LogP contribution < -0.4 is 15.4 Å². The molecule has 0 saturated carbocycles. The number of hydrogen-bond acceptors (Lipinski definition) is 5. The number of benzene rings is 1. The first-order chi connectivity index (χ1) is 10.6. The van der Waals surface area contributed by atoms with Crippen LogP contribution in [0.4, 0.5) is 11.6 Å². The summed E-state index contributed by atoms with van der Waals surface area (Å²) in [5, 5.41) is 9.48. The standard InChI is InChI=1S/C14H15N5O3/c1-8-15-14-17-13(21)11(19(14)18-8)7-12(20)16-9-3-5-10(22-2)6-4-9/h3-6,11H,7H2,1-2H3,(H,16,20)(H,15,17,18,21)/t11-/m1/s1. The van der Waals surface area contributed by atoms with E-state index in [2.05, 4.69) is 20.7 Å². The molecule has 1 atom stereocenters. The number of carbonyl (C=O) groups is 2. The summed E-state index contributed by atoms with van der Waals surface area (Å²) >= 11 is 0. The maximum atomic E-state index is 12.1. The number of hydrogen-bond donors (Lipinski definition) is 2. The molecule has 114 valence electrons. The van der Waals surface area contributed by atoms with E-state index in [1.54, 1.807) is 38.3 Å². The summed E-state index contributed by atoms with van der Waals surface area (Å²) in [6.07, 6.45) is -0.00629. The number of aromatic nitrogens is 3. The van der Waals surface area contributed by atoms with Gasteiger partial charge in [-0.15, -0.1) is 0 Å². The normalized spacial score (nSPS) is 16.1. The molecule has 0 bridgehead atoms. The van der Waals surface area contributed by atoms with Crippen LogP contribution in [-0.4, -0.2) is 33.7 Å². The molecule has 8 nitrogen and oxygen atoms in total. The van der Waals surface area contributed by atoms with Crippen LogP contribution in [0.1, 0.15) is 18.3 Å². The van der Waals surface area contributed by atoms with E-state index in [0.717, 1.165) is 0 Å². The van der Waals surface area contributed by atoms with Crippen LogP contribution in [0.3, 0.4) is 0 Å². The highest BCUT2D eigenvalue weighted by Gasteiger charge is 2.34. The molecule has 1 aliphatic rings. The number of nitrogens with zero attached hydrogens (tertiary/aromatic N) is 3. The summed E-state index contributed by atoms with van der Waals surface area (Å²) < 4.78 is 6.50. The maximum absolute atomic E-state index is 12.1. The fourth-order valence-corrected chi connectivity index (χ4v) is 2.28. The Hall–Kier alpha value is -2.90. The van der Waals surface area contributed by atoms with Crippen LogP contribution in [0.5, 0.6) is 5.75 Å². The lowest BCUT2D eigenvalue weighted by molar-refractivity contribution is -0.123. The van der Waals surface area contributed by atoms with E-state index in [9.17, 15) is 9.59 Å². The molecule has 0 aliphatic carbocycles. The summed E-state index contributed by atoms with van der Waals surface area (Å²) in [4.78, 5) is 28.0. The Morgan fingerprint density at radius 1 is 1.41 bits per heavy atom. The zero-order valence-corrected chi connectivity index (χ0v) is 12.2. The lowest BCUT2D eigenvalue weighted by atomic mass is 10.2. The van der Waals surface area contributed by atoms with Crippen molar-refractivity contribution in [2.45, 2.75) is 19.4 Å². The molecule has 2 aromatic rings. The Kier molecular flexibility index (Phi) is 3.50. The van der Waals surface area contributed by atoms with Crippen molar-refractivity contribution < 1.29 is 14.3 Å². The van der Waals surface area contributed by atoms with Crippen LogP contribution in [0.2, 0.25) is 0 Å². The van der Waals surface area contributed by atoms with Gasteiger partial charge in [-0.25, -0.2) is 4.68 Å². The van der Waals surface area contributed by atoms with Gasteiger partial charge < -0.3 is 10.1 Å². The molecule has 2 amide bonds. The van der Waals surface area contributed by atoms with Crippen LogP contribution in [0.15, 0.2) is 24.3 Å². The van der Waals surface area contributed by atoms with Crippen LogP contribution in [-0.2, 0) is 9.59 Å². The van der Waals surface area contributed by atoms with E-state index in [1.807, 2.05) is 0 Å². The summed E-state index contributed by atoms with van der Waals surface area (Å²) in [5.41, 5.74) is 0.638. The van der Waals surface area contributed by atoms with Crippen LogP contribution in [0.25, 0.3) is 0 Å². The Morgan fingerprint density at radius 2 is 2.14 bits per heavy atom. The topological polar surface area (TPSA) is 98.1 Å². The van der Waals surface area contributed by atoms with Gasteiger partial charge in [0, 0.05) is 5.69 Å². The lowest BCUT2D eigenvalue weighted by Gasteiger charge is -2.10. The van der Waals surface area contributed by atoms with Crippen molar-refractivity contribution in [3.8, 4) is 5.75 Å². The fraction of sp³-hybridized carbons (Fsp3) is 0.286. The third kappa shape index (κ3) is 2.62. The molecule has 3 rings (SSSR count). The molecule has 0 fully saturated rings. The molecule has 1 aliphatic heterocycles. The first kappa shape index (κ1) is 14.1. The molecule has 0 unspecified atom stereocenters. The summed E-state index contributed by atoms with van der Waals surface area (Å²) in [5.74, 6) is 1.09. The Morgan fingerprint density at radius 3 is 2.82 bits per heavy atom. The van der Waals surface area contributed by atoms with Gasteiger partial charge in [-0.2, -0.15) is 10.1 Å². The van der Waals surface area contributed by atoms with Crippen LogP contribution in [0, 0.1) is 6.92 Å². The zero-order chi connectivity index (χ0) is 15.7. The van der Waals surface area contributed by atoms with Gasteiger partial charge in [0.2, 0.25) is 11.9 Å². The Labute approximate surface area is 126 Å². The van der Waals surface area contributed by atoms with Crippen molar-refractivity contribution in [3.63, 3.8) is 0 Å². The smallest absolute Gasteiger partial charge is 0.252 e. The minimum atomic E-state index is -0.672. The van der Waals surface area contributed by atoms with E-state index < -0.39 is 6.04 Å². The number of fused-ring (bicyclic) bond motifs is 1. The molecule has 2 heterocycles. The average Bonchev–Trinajstić information content (AvgIpc) is 2.97. The maximum Gasteiger partial charge on any atom is 0.252 e. The number of methoxy groups -OCH3 is 1. The molecule has 1 aromatic heterocycles. The summed E-state index contributed by atoms with van der Waals surface area (Å²) in [6, 6.07) is 6.29. The monoisotopic (exact) mass is 301 g/mol. The molecule has 0 spiro atoms. The van der Waals surface area contributed by atoms with Gasteiger partial charge in [-0.3, -0.25) is 14.9 Å². The van der Waals surface area contributed by atoms with Gasteiger partial charge in [-0.05, 0) is 31.2 Å². The second-order valence-corrected chi connectivity index (χ2v) is 4.91. The summed E-state index contributed by atoms with van der Waals surface area (Å²) in [7, 11) is 1.57. The van der Waals surface area contributed by atoms with Crippen molar-refractivity contribution >= 4 is 23.5 Å². The van der Waals surface area contributed by atoms with Gasteiger partial charge in [-0.1, -0.05) is 0 Å². The van der Waals surface area contributed by atoms with E-state index in [0.29, 0.717) is 23.2 Å². The quantitative estimate of drug-likeness (QED) is 0.881. The predicted molar refractivity (Wildman–Crippen MR) is 78.7 cm³/mol. The Balaban J connectivity index is 1.67. The second kappa shape index (κ2) is 5.47. The minimum Gasteiger partial charge on any atom is -0.497 e. The van der Waals surface area contributed by atoms with E-state index in [1.165, 1.54) is 4.68 Å². The summed E-state index contributed by atoms with van der Waals surface area (Å²) in [6.45, 7) is 1.73. The average molecular weight is 301 g/mol. The van der Waals surface area contributed by atoms with Gasteiger partial charge >= 0.3 is 0 Å². The van der Waals surface area contributed by atoms with E-state index >= 15 is 0 Å². The number of anilines is 2. The zero-order valence-electron chi connectivity index (χ0n) is 12.2. The third-order valence-electron chi connectivity index (χ3n) is 3.32. The van der Waals surface area contributed by atoms with Crippen LogP contribution >= 0.6 is 0 Å². The highest BCUT2D eigenvalue weighted by Crippen LogP contribution is 2.25. The van der Waals surface area contributed by atoms with Gasteiger partial charge in [0.05, 0.1) is 13.5 Å². The largest absolute Gasteiger partial charge is 0.497 e.